The minimum atomic E-state index is 0.299. The Kier molecular flexibility index (Phi) is 4.25. The third kappa shape index (κ3) is 3.04. The first-order chi connectivity index (χ1) is 10.7. The van der Waals surface area contributed by atoms with Gasteiger partial charge in [0.15, 0.2) is 0 Å². The predicted octanol–water partition coefficient (Wildman–Crippen LogP) is 4.45. The lowest BCUT2D eigenvalue weighted by molar-refractivity contribution is 0.222. The van der Waals surface area contributed by atoms with Gasteiger partial charge < -0.3 is 4.98 Å². The Hall–Kier alpha value is -2.13. The molecule has 0 aliphatic carbocycles. The first kappa shape index (κ1) is 14.8. The zero-order valence-corrected chi connectivity index (χ0v) is 13.5. The lowest BCUT2D eigenvalue weighted by Crippen LogP contribution is -2.24. The highest BCUT2D eigenvalue weighted by atomic mass is 15.2. The average Bonchev–Trinajstić information content (AvgIpc) is 2.91. The highest BCUT2D eigenvalue weighted by Crippen LogP contribution is 2.25. The molecule has 0 amide bonds. The van der Waals surface area contributed by atoms with Crippen molar-refractivity contribution in [3.63, 3.8) is 0 Å². The highest BCUT2D eigenvalue weighted by molar-refractivity contribution is 5.75. The first-order valence-electron chi connectivity index (χ1n) is 7.88. The van der Waals surface area contributed by atoms with Crippen molar-refractivity contribution in [1.29, 1.82) is 0 Å². The number of benzene rings is 2. The van der Waals surface area contributed by atoms with Gasteiger partial charge in [-0.2, -0.15) is 0 Å². The van der Waals surface area contributed by atoms with Gasteiger partial charge in [0.25, 0.3) is 0 Å². The van der Waals surface area contributed by atoms with E-state index in [-0.39, 0.29) is 0 Å². The van der Waals surface area contributed by atoms with Gasteiger partial charge in [-0.1, -0.05) is 43.3 Å². The van der Waals surface area contributed by atoms with E-state index < -0.39 is 0 Å². The minimum Gasteiger partial charge on any atom is -0.341 e. The van der Waals surface area contributed by atoms with E-state index in [0.29, 0.717) is 6.04 Å². The molecular formula is C19H23N3. The summed E-state index contributed by atoms with van der Waals surface area (Å²) in [5, 5.41) is 0. The molecule has 3 heteroatoms. The van der Waals surface area contributed by atoms with Crippen LogP contribution in [-0.2, 0) is 6.54 Å². The maximum atomic E-state index is 4.79. The monoisotopic (exact) mass is 293 g/mol. The van der Waals surface area contributed by atoms with Crippen LogP contribution in [0.3, 0.4) is 0 Å². The topological polar surface area (TPSA) is 31.9 Å². The van der Waals surface area contributed by atoms with Crippen LogP contribution in [0.4, 0.5) is 0 Å². The second-order valence-electron chi connectivity index (χ2n) is 5.97. The minimum absolute atomic E-state index is 0.299. The third-order valence-corrected chi connectivity index (χ3v) is 4.16. The normalized spacial score (nSPS) is 12.9. The smallest absolute Gasteiger partial charge is 0.124 e. The van der Waals surface area contributed by atoms with Gasteiger partial charge in [0.1, 0.15) is 5.82 Å². The Bertz CT molecular complexity index is 746. The Morgan fingerprint density at radius 1 is 1.14 bits per heavy atom. The van der Waals surface area contributed by atoms with E-state index in [2.05, 4.69) is 79.3 Å². The number of rotatable bonds is 5. The quantitative estimate of drug-likeness (QED) is 0.753. The Balaban J connectivity index is 1.85. The molecule has 0 saturated carbocycles. The van der Waals surface area contributed by atoms with Crippen molar-refractivity contribution >= 4 is 11.0 Å². The van der Waals surface area contributed by atoms with Crippen LogP contribution in [0.5, 0.6) is 0 Å². The Morgan fingerprint density at radius 3 is 2.64 bits per heavy atom. The maximum absolute atomic E-state index is 4.79. The van der Waals surface area contributed by atoms with Gasteiger partial charge in [0.2, 0.25) is 0 Å². The summed E-state index contributed by atoms with van der Waals surface area (Å²) in [6, 6.07) is 17.3. The van der Waals surface area contributed by atoms with Crippen molar-refractivity contribution in [2.45, 2.75) is 32.9 Å². The molecule has 0 fully saturated rings. The molecule has 0 bridgehead atoms. The van der Waals surface area contributed by atoms with Crippen LogP contribution in [0.2, 0.25) is 0 Å². The molecule has 0 aliphatic rings. The molecule has 0 saturated heterocycles. The molecule has 3 rings (SSSR count). The maximum Gasteiger partial charge on any atom is 0.124 e. The first-order valence-corrected chi connectivity index (χ1v) is 7.88. The number of aryl methyl sites for hydroxylation is 1. The van der Waals surface area contributed by atoms with E-state index in [0.717, 1.165) is 29.8 Å². The molecule has 1 aromatic heterocycles. The average molecular weight is 293 g/mol. The van der Waals surface area contributed by atoms with E-state index in [9.17, 15) is 0 Å². The number of imidazole rings is 1. The van der Waals surface area contributed by atoms with Crippen LogP contribution in [0.25, 0.3) is 11.0 Å². The number of aromatic amines is 1. The lowest BCUT2D eigenvalue weighted by atomic mass is 10.1. The number of hydrogen-bond acceptors (Lipinski definition) is 2. The fourth-order valence-corrected chi connectivity index (χ4v) is 3.00. The fraction of sp³-hybridized carbons (Fsp3) is 0.316. The summed E-state index contributed by atoms with van der Waals surface area (Å²) in [5.41, 5.74) is 4.76. The summed E-state index contributed by atoms with van der Waals surface area (Å²) in [6.45, 7) is 5.25. The summed E-state index contributed by atoms with van der Waals surface area (Å²) in [6.07, 6.45) is 1.03. The van der Waals surface area contributed by atoms with Crippen LogP contribution in [0.15, 0.2) is 48.5 Å². The molecule has 1 heterocycles. The summed E-state index contributed by atoms with van der Waals surface area (Å²) >= 11 is 0. The van der Waals surface area contributed by atoms with Gasteiger partial charge >= 0.3 is 0 Å². The molecule has 3 aromatic rings. The molecular weight excluding hydrogens is 270 g/mol. The van der Waals surface area contributed by atoms with Crippen LogP contribution in [0, 0.1) is 6.92 Å². The standard InChI is InChI=1S/C19H23N3/c1-4-18(22(3)13-15-8-6-5-7-9-15)19-20-16-11-10-14(2)12-17(16)21-19/h5-12,18H,4,13H2,1-3H3,(H,20,21). The van der Waals surface area contributed by atoms with Crippen molar-refractivity contribution in [3.05, 3.63) is 65.5 Å². The van der Waals surface area contributed by atoms with Crippen LogP contribution in [-0.4, -0.2) is 21.9 Å². The highest BCUT2D eigenvalue weighted by Gasteiger charge is 2.19. The molecule has 0 radical (unpaired) electrons. The van der Waals surface area contributed by atoms with Crippen molar-refractivity contribution < 1.29 is 0 Å². The number of nitrogens with one attached hydrogen (secondary N) is 1. The van der Waals surface area contributed by atoms with Gasteiger partial charge in [0.05, 0.1) is 17.1 Å². The molecule has 22 heavy (non-hydrogen) atoms. The molecule has 1 atom stereocenters. The van der Waals surface area contributed by atoms with Gasteiger partial charge in [-0.15, -0.1) is 0 Å². The lowest BCUT2D eigenvalue weighted by Gasteiger charge is -2.25. The predicted molar refractivity (Wildman–Crippen MR) is 91.8 cm³/mol. The van der Waals surface area contributed by atoms with Crippen LogP contribution < -0.4 is 0 Å². The second-order valence-corrected chi connectivity index (χ2v) is 5.97. The zero-order valence-electron chi connectivity index (χ0n) is 13.5. The number of fused-ring (bicyclic) bond motifs is 1. The van der Waals surface area contributed by atoms with E-state index in [4.69, 9.17) is 4.98 Å². The van der Waals surface area contributed by atoms with Gasteiger partial charge in [0, 0.05) is 6.54 Å². The number of aromatic nitrogens is 2. The Labute approximate surface area is 132 Å². The largest absolute Gasteiger partial charge is 0.341 e. The summed E-state index contributed by atoms with van der Waals surface area (Å²) in [5.74, 6) is 1.06. The molecule has 2 aromatic carbocycles. The van der Waals surface area contributed by atoms with Crippen molar-refractivity contribution in [2.75, 3.05) is 7.05 Å². The van der Waals surface area contributed by atoms with Gasteiger partial charge in [-0.3, -0.25) is 4.90 Å². The second kappa shape index (κ2) is 6.32. The fourth-order valence-electron chi connectivity index (χ4n) is 3.00. The van der Waals surface area contributed by atoms with E-state index >= 15 is 0 Å². The number of hydrogen-bond donors (Lipinski definition) is 1. The van der Waals surface area contributed by atoms with E-state index in [1.54, 1.807) is 0 Å². The summed E-state index contributed by atoms with van der Waals surface area (Å²) in [4.78, 5) is 10.7. The Morgan fingerprint density at radius 2 is 1.91 bits per heavy atom. The molecule has 1 N–H and O–H groups in total. The molecule has 3 nitrogen and oxygen atoms in total. The van der Waals surface area contributed by atoms with Crippen LogP contribution in [0.1, 0.15) is 36.3 Å². The molecule has 114 valence electrons. The third-order valence-electron chi connectivity index (χ3n) is 4.16. The summed E-state index contributed by atoms with van der Waals surface area (Å²) in [7, 11) is 2.17. The zero-order chi connectivity index (χ0) is 15.5. The summed E-state index contributed by atoms with van der Waals surface area (Å²) < 4.78 is 0. The van der Waals surface area contributed by atoms with E-state index in [1.165, 1.54) is 11.1 Å². The van der Waals surface area contributed by atoms with Gasteiger partial charge in [-0.05, 0) is 43.7 Å². The molecule has 0 spiro atoms. The number of nitrogens with zero attached hydrogens (tertiary/aromatic N) is 2. The van der Waals surface area contributed by atoms with Crippen molar-refractivity contribution in [1.82, 2.24) is 14.9 Å². The SMILES string of the molecule is CCC(c1nc2ccc(C)cc2[nH]1)N(C)Cc1ccccc1. The number of H-pyrrole nitrogens is 1. The van der Waals surface area contributed by atoms with E-state index in [1.807, 2.05) is 0 Å². The molecule has 1 unspecified atom stereocenters. The van der Waals surface area contributed by atoms with Crippen LogP contribution >= 0.6 is 0 Å². The molecule has 0 aliphatic heterocycles. The van der Waals surface area contributed by atoms with Gasteiger partial charge in [-0.25, -0.2) is 4.98 Å². The van der Waals surface area contributed by atoms with Crippen molar-refractivity contribution in [2.24, 2.45) is 0 Å². The van der Waals surface area contributed by atoms with Crippen molar-refractivity contribution in [3.8, 4) is 0 Å².